The Morgan fingerprint density at radius 1 is 1.14 bits per heavy atom. The van der Waals surface area contributed by atoms with Gasteiger partial charge in [-0.05, 0) is 18.6 Å². The van der Waals surface area contributed by atoms with Crippen LogP contribution in [0.25, 0.3) is 0 Å². The van der Waals surface area contributed by atoms with Crippen LogP contribution in [-0.2, 0) is 9.47 Å². The molecule has 5 heteroatoms. The van der Waals surface area contributed by atoms with Crippen molar-refractivity contribution in [1.82, 2.24) is 0 Å². The van der Waals surface area contributed by atoms with Gasteiger partial charge in [0.25, 0.3) is 0 Å². The molecular weight excluding hydrogens is 288 g/mol. The first kappa shape index (κ1) is 15.7. The first-order valence-electron chi connectivity index (χ1n) is 8.10. The van der Waals surface area contributed by atoms with E-state index in [1.54, 1.807) is 6.07 Å². The van der Waals surface area contributed by atoms with Crippen LogP contribution in [-0.4, -0.2) is 32.1 Å². The van der Waals surface area contributed by atoms with Crippen LogP contribution in [0.3, 0.4) is 0 Å². The zero-order valence-electron chi connectivity index (χ0n) is 13.0. The van der Waals surface area contributed by atoms with E-state index >= 15 is 0 Å². The van der Waals surface area contributed by atoms with Gasteiger partial charge < -0.3 is 14.4 Å². The average Bonchev–Trinajstić information content (AvgIpc) is 2.54. The van der Waals surface area contributed by atoms with Gasteiger partial charge in [0, 0.05) is 43.6 Å². The summed E-state index contributed by atoms with van der Waals surface area (Å²) < 4.78 is 38.4. The van der Waals surface area contributed by atoms with Gasteiger partial charge in [-0.3, -0.25) is 0 Å². The molecule has 2 aliphatic rings. The Hall–Kier alpha value is -1.20. The maximum absolute atomic E-state index is 13.3. The highest BCUT2D eigenvalue weighted by atomic mass is 19.2. The second-order valence-electron chi connectivity index (χ2n) is 6.27. The number of hydrogen-bond donors (Lipinski definition) is 0. The highest BCUT2D eigenvalue weighted by Gasteiger charge is 2.40. The molecule has 2 heterocycles. The van der Waals surface area contributed by atoms with E-state index < -0.39 is 17.4 Å². The first-order chi connectivity index (χ1) is 10.6. The molecule has 0 atom stereocenters. The van der Waals surface area contributed by atoms with Crippen molar-refractivity contribution in [3.63, 3.8) is 0 Å². The van der Waals surface area contributed by atoms with Crippen molar-refractivity contribution >= 4 is 5.69 Å². The molecule has 122 valence electrons. The van der Waals surface area contributed by atoms with Crippen LogP contribution in [0.1, 0.15) is 32.6 Å². The predicted octanol–water partition coefficient (Wildman–Crippen LogP) is 3.72. The third-order valence-corrected chi connectivity index (χ3v) is 4.65. The minimum Gasteiger partial charge on any atom is -0.371 e. The zero-order chi connectivity index (χ0) is 15.6. The second-order valence-corrected chi connectivity index (χ2v) is 6.27. The van der Waals surface area contributed by atoms with Gasteiger partial charge in [-0.1, -0.05) is 13.3 Å². The Kier molecular flexibility index (Phi) is 4.64. The summed E-state index contributed by atoms with van der Waals surface area (Å²) in [5.74, 6) is -1.58. The van der Waals surface area contributed by atoms with Crippen LogP contribution >= 0.6 is 0 Å². The molecule has 0 aliphatic carbocycles. The van der Waals surface area contributed by atoms with E-state index in [1.807, 2.05) is 0 Å². The van der Waals surface area contributed by atoms with E-state index in [0.29, 0.717) is 11.6 Å². The largest absolute Gasteiger partial charge is 0.371 e. The van der Waals surface area contributed by atoms with Crippen molar-refractivity contribution in [2.75, 3.05) is 31.2 Å². The molecule has 2 aliphatic heterocycles. The molecule has 0 N–H and O–H groups in total. The molecule has 3 nitrogen and oxygen atoms in total. The number of hydrogen-bond acceptors (Lipinski definition) is 3. The van der Waals surface area contributed by atoms with Gasteiger partial charge in [-0.2, -0.15) is 0 Å². The summed E-state index contributed by atoms with van der Waals surface area (Å²) in [6, 6.07) is 4.06. The quantitative estimate of drug-likeness (QED) is 0.849. The van der Waals surface area contributed by atoms with E-state index in [1.165, 1.54) is 12.1 Å². The van der Waals surface area contributed by atoms with Gasteiger partial charge in [-0.25, -0.2) is 8.78 Å². The molecule has 0 saturated carbocycles. The standard InChI is InChI=1S/C17H23F2NO2/c1-2-3-13-11-21-17(22-12-13)6-8-20(9-7-17)14-4-5-15(18)16(19)10-14/h4-5,10,13H,2-3,6-9,11-12H2,1H3. The molecule has 0 aromatic heterocycles. The summed E-state index contributed by atoms with van der Waals surface area (Å²) >= 11 is 0. The Bertz CT molecular complexity index is 505. The minimum atomic E-state index is -0.807. The lowest BCUT2D eigenvalue weighted by Crippen LogP contribution is -2.52. The first-order valence-corrected chi connectivity index (χ1v) is 8.10. The van der Waals surface area contributed by atoms with Gasteiger partial charge >= 0.3 is 0 Å². The molecule has 3 rings (SSSR count). The topological polar surface area (TPSA) is 21.7 Å². The maximum Gasteiger partial charge on any atom is 0.171 e. The fraction of sp³-hybridized carbons (Fsp3) is 0.647. The number of nitrogens with zero attached hydrogens (tertiary/aromatic N) is 1. The molecule has 1 spiro atoms. The van der Waals surface area contributed by atoms with Crippen molar-refractivity contribution in [3.05, 3.63) is 29.8 Å². The summed E-state index contributed by atoms with van der Waals surface area (Å²) in [7, 11) is 0. The maximum atomic E-state index is 13.3. The summed E-state index contributed by atoms with van der Waals surface area (Å²) in [6.45, 7) is 5.15. The summed E-state index contributed by atoms with van der Waals surface area (Å²) in [5, 5.41) is 0. The number of ether oxygens (including phenoxy) is 2. The third kappa shape index (κ3) is 3.25. The Morgan fingerprint density at radius 3 is 2.41 bits per heavy atom. The fourth-order valence-electron chi connectivity index (χ4n) is 3.28. The highest BCUT2D eigenvalue weighted by molar-refractivity contribution is 5.47. The van der Waals surface area contributed by atoms with Crippen molar-refractivity contribution in [2.45, 2.75) is 38.4 Å². The highest BCUT2D eigenvalue weighted by Crippen LogP contribution is 2.34. The molecule has 22 heavy (non-hydrogen) atoms. The molecule has 2 saturated heterocycles. The molecular formula is C17H23F2NO2. The van der Waals surface area contributed by atoms with Gasteiger partial charge in [0.05, 0.1) is 13.2 Å². The van der Waals surface area contributed by atoms with Gasteiger partial charge in [0.1, 0.15) is 0 Å². The number of benzene rings is 1. The second kappa shape index (κ2) is 6.50. The lowest BCUT2D eigenvalue weighted by Gasteiger charge is -2.45. The molecule has 0 bridgehead atoms. The normalized spacial score (nSPS) is 22.2. The van der Waals surface area contributed by atoms with Crippen LogP contribution < -0.4 is 4.90 Å². The monoisotopic (exact) mass is 311 g/mol. The van der Waals surface area contributed by atoms with E-state index in [4.69, 9.17) is 9.47 Å². The summed E-state index contributed by atoms with van der Waals surface area (Å²) in [6.07, 6.45) is 3.79. The minimum absolute atomic E-state index is 0.473. The number of rotatable bonds is 3. The van der Waals surface area contributed by atoms with Crippen LogP contribution in [0, 0.1) is 17.6 Å². The lowest BCUT2D eigenvalue weighted by atomic mass is 9.98. The fourth-order valence-corrected chi connectivity index (χ4v) is 3.28. The third-order valence-electron chi connectivity index (χ3n) is 4.65. The number of piperidine rings is 1. The van der Waals surface area contributed by atoms with Crippen LogP contribution in [0.4, 0.5) is 14.5 Å². The van der Waals surface area contributed by atoms with Crippen LogP contribution in [0.5, 0.6) is 0 Å². The Morgan fingerprint density at radius 2 is 1.82 bits per heavy atom. The van der Waals surface area contributed by atoms with Crippen LogP contribution in [0.2, 0.25) is 0 Å². The summed E-state index contributed by atoms with van der Waals surface area (Å²) in [5.41, 5.74) is 0.716. The Balaban J connectivity index is 1.57. The summed E-state index contributed by atoms with van der Waals surface area (Å²) in [4.78, 5) is 2.05. The van der Waals surface area contributed by atoms with Crippen molar-refractivity contribution in [2.24, 2.45) is 5.92 Å². The van der Waals surface area contributed by atoms with Crippen molar-refractivity contribution < 1.29 is 18.3 Å². The average molecular weight is 311 g/mol. The van der Waals surface area contributed by atoms with Crippen LogP contribution in [0.15, 0.2) is 18.2 Å². The Labute approximate surface area is 130 Å². The van der Waals surface area contributed by atoms with Gasteiger partial charge in [0.15, 0.2) is 17.4 Å². The van der Waals surface area contributed by atoms with E-state index in [0.717, 1.165) is 52.0 Å². The van der Waals surface area contributed by atoms with E-state index in [2.05, 4.69) is 11.8 Å². The van der Waals surface area contributed by atoms with E-state index in [-0.39, 0.29) is 0 Å². The molecule has 2 fully saturated rings. The predicted molar refractivity (Wildman–Crippen MR) is 80.8 cm³/mol. The molecule has 1 aromatic rings. The molecule has 1 aromatic carbocycles. The lowest BCUT2D eigenvalue weighted by molar-refractivity contribution is -0.291. The number of anilines is 1. The SMILES string of the molecule is CCCC1COC2(CCN(c3ccc(F)c(F)c3)CC2)OC1. The van der Waals surface area contributed by atoms with E-state index in [9.17, 15) is 8.78 Å². The number of halogens is 2. The molecule has 0 radical (unpaired) electrons. The van der Waals surface area contributed by atoms with Gasteiger partial charge in [0.2, 0.25) is 0 Å². The zero-order valence-corrected chi connectivity index (χ0v) is 13.0. The van der Waals surface area contributed by atoms with Crippen molar-refractivity contribution in [1.29, 1.82) is 0 Å². The molecule has 0 amide bonds. The van der Waals surface area contributed by atoms with Crippen molar-refractivity contribution in [3.8, 4) is 0 Å². The smallest absolute Gasteiger partial charge is 0.171 e. The van der Waals surface area contributed by atoms with Gasteiger partial charge in [-0.15, -0.1) is 0 Å². The molecule has 0 unspecified atom stereocenters.